The molecule has 0 aliphatic heterocycles. The van der Waals surface area contributed by atoms with Gasteiger partial charge in [0, 0.05) is 22.4 Å². The minimum atomic E-state index is -0.160. The number of hydrogen-bond donors (Lipinski definition) is 2. The summed E-state index contributed by atoms with van der Waals surface area (Å²) in [6, 6.07) is 7.55. The van der Waals surface area contributed by atoms with Crippen LogP contribution in [0.5, 0.6) is 0 Å². The molecule has 2 amide bonds. The monoisotopic (exact) mass is 388 g/mol. The Labute approximate surface area is 133 Å². The normalized spacial score (nSPS) is 15.2. The minimum absolute atomic E-state index is 0.160. The summed E-state index contributed by atoms with van der Waals surface area (Å²) in [6.07, 6.45) is 6.29. The molecular formula is C15H21IN2O2. The Balaban J connectivity index is 1.54. The van der Waals surface area contributed by atoms with Crippen LogP contribution in [0.1, 0.15) is 32.1 Å². The van der Waals surface area contributed by atoms with Crippen molar-refractivity contribution in [3.63, 3.8) is 0 Å². The zero-order valence-electron chi connectivity index (χ0n) is 11.5. The third kappa shape index (κ3) is 5.66. The number of hydrogen-bond acceptors (Lipinski definition) is 2. The largest absolute Gasteiger partial charge is 0.378 e. The molecule has 0 unspecified atom stereocenters. The van der Waals surface area contributed by atoms with Gasteiger partial charge in [-0.2, -0.15) is 0 Å². The number of anilines is 1. The number of benzene rings is 1. The Hall–Kier alpha value is -0.820. The van der Waals surface area contributed by atoms with E-state index in [9.17, 15) is 4.79 Å². The molecule has 0 bridgehead atoms. The molecule has 4 nitrogen and oxygen atoms in total. The van der Waals surface area contributed by atoms with Crippen LogP contribution in [0.3, 0.4) is 0 Å². The van der Waals surface area contributed by atoms with E-state index in [2.05, 4.69) is 33.2 Å². The highest BCUT2D eigenvalue weighted by Gasteiger charge is 2.14. The van der Waals surface area contributed by atoms with Crippen molar-refractivity contribution in [1.29, 1.82) is 0 Å². The van der Waals surface area contributed by atoms with Gasteiger partial charge in [-0.05, 0) is 66.1 Å². The molecule has 0 aromatic heterocycles. The highest BCUT2D eigenvalue weighted by atomic mass is 127. The number of rotatable bonds is 6. The summed E-state index contributed by atoms with van der Waals surface area (Å²) in [5.74, 6) is 0. The van der Waals surface area contributed by atoms with Gasteiger partial charge >= 0.3 is 6.03 Å². The van der Waals surface area contributed by atoms with Gasteiger partial charge in [-0.3, -0.25) is 0 Å². The quantitative estimate of drug-likeness (QED) is 0.576. The van der Waals surface area contributed by atoms with Crippen LogP contribution in [-0.2, 0) is 4.74 Å². The van der Waals surface area contributed by atoms with E-state index in [0.29, 0.717) is 12.6 Å². The number of urea groups is 1. The first-order valence-electron chi connectivity index (χ1n) is 7.16. The van der Waals surface area contributed by atoms with Gasteiger partial charge in [-0.15, -0.1) is 0 Å². The molecule has 2 N–H and O–H groups in total. The van der Waals surface area contributed by atoms with E-state index in [4.69, 9.17) is 4.74 Å². The molecule has 1 aromatic rings. The number of ether oxygens (including phenoxy) is 1. The van der Waals surface area contributed by atoms with Crippen molar-refractivity contribution in [3.8, 4) is 0 Å². The summed E-state index contributed by atoms with van der Waals surface area (Å²) in [5.41, 5.74) is 0.810. The zero-order chi connectivity index (χ0) is 14.2. The first-order valence-corrected chi connectivity index (χ1v) is 8.24. The highest BCUT2D eigenvalue weighted by Crippen LogP contribution is 2.20. The molecule has 0 radical (unpaired) electrons. The van der Waals surface area contributed by atoms with Crippen molar-refractivity contribution < 1.29 is 9.53 Å². The predicted molar refractivity (Wildman–Crippen MR) is 89.0 cm³/mol. The fourth-order valence-corrected chi connectivity index (χ4v) is 2.65. The number of amides is 2. The van der Waals surface area contributed by atoms with E-state index in [1.54, 1.807) is 0 Å². The summed E-state index contributed by atoms with van der Waals surface area (Å²) in [5, 5.41) is 5.65. The molecule has 0 heterocycles. The van der Waals surface area contributed by atoms with E-state index < -0.39 is 0 Å². The summed E-state index contributed by atoms with van der Waals surface area (Å²) >= 11 is 2.24. The van der Waals surface area contributed by atoms with Gasteiger partial charge in [-0.25, -0.2) is 4.79 Å². The van der Waals surface area contributed by atoms with Gasteiger partial charge in [0.15, 0.2) is 0 Å². The molecule has 0 atom stereocenters. The summed E-state index contributed by atoms with van der Waals surface area (Å²) in [4.78, 5) is 11.7. The maximum atomic E-state index is 11.7. The molecule has 20 heavy (non-hydrogen) atoms. The third-order valence-electron chi connectivity index (χ3n) is 3.36. The van der Waals surface area contributed by atoms with Crippen molar-refractivity contribution in [1.82, 2.24) is 5.32 Å². The van der Waals surface area contributed by atoms with Gasteiger partial charge in [0.25, 0.3) is 0 Å². The lowest BCUT2D eigenvalue weighted by Crippen LogP contribution is -2.30. The van der Waals surface area contributed by atoms with E-state index in [-0.39, 0.29) is 6.03 Å². The molecule has 110 valence electrons. The van der Waals surface area contributed by atoms with E-state index >= 15 is 0 Å². The molecule has 0 saturated heterocycles. The van der Waals surface area contributed by atoms with Crippen molar-refractivity contribution >= 4 is 34.3 Å². The molecule has 1 aliphatic carbocycles. The van der Waals surface area contributed by atoms with Crippen molar-refractivity contribution in [2.75, 3.05) is 18.5 Å². The predicted octanol–water partition coefficient (Wildman–Crippen LogP) is 3.76. The van der Waals surface area contributed by atoms with Crippen LogP contribution >= 0.6 is 22.6 Å². The first-order chi connectivity index (χ1) is 9.74. The smallest absolute Gasteiger partial charge is 0.319 e. The Kier molecular flexibility index (Phi) is 6.59. The second-order valence-corrected chi connectivity index (χ2v) is 6.26. The van der Waals surface area contributed by atoms with Gasteiger partial charge in [0.1, 0.15) is 0 Å². The third-order valence-corrected chi connectivity index (χ3v) is 4.08. The van der Waals surface area contributed by atoms with E-state index in [0.717, 1.165) is 22.3 Å². The number of halogens is 1. The lowest BCUT2D eigenvalue weighted by molar-refractivity contribution is 0.0572. The van der Waals surface area contributed by atoms with Crippen molar-refractivity contribution in [2.24, 2.45) is 0 Å². The maximum Gasteiger partial charge on any atom is 0.319 e. The van der Waals surface area contributed by atoms with Crippen LogP contribution in [0.2, 0.25) is 0 Å². The van der Waals surface area contributed by atoms with Gasteiger partial charge in [-0.1, -0.05) is 12.8 Å². The lowest BCUT2D eigenvalue weighted by atomic mass is 10.3. The Morgan fingerprint density at radius 3 is 2.65 bits per heavy atom. The molecule has 0 spiro atoms. The number of carbonyl (C=O) groups excluding carboxylic acids is 1. The number of carbonyl (C=O) groups is 1. The Bertz CT molecular complexity index is 416. The average Bonchev–Trinajstić information content (AvgIpc) is 2.94. The van der Waals surface area contributed by atoms with Crippen molar-refractivity contribution in [3.05, 3.63) is 27.8 Å². The van der Waals surface area contributed by atoms with Crippen LogP contribution in [0.15, 0.2) is 24.3 Å². The molecular weight excluding hydrogens is 367 g/mol. The van der Waals surface area contributed by atoms with Crippen LogP contribution in [0.25, 0.3) is 0 Å². The second kappa shape index (κ2) is 8.46. The Morgan fingerprint density at radius 1 is 1.25 bits per heavy atom. The van der Waals surface area contributed by atoms with Crippen molar-refractivity contribution in [2.45, 2.75) is 38.2 Å². The molecule has 1 aliphatic rings. The van der Waals surface area contributed by atoms with E-state index in [1.807, 2.05) is 24.3 Å². The second-order valence-electron chi connectivity index (χ2n) is 5.02. The molecule has 1 fully saturated rings. The first kappa shape index (κ1) is 15.6. The number of nitrogens with one attached hydrogen (secondary N) is 2. The molecule has 5 heteroatoms. The summed E-state index contributed by atoms with van der Waals surface area (Å²) < 4.78 is 6.89. The topological polar surface area (TPSA) is 50.4 Å². The fourth-order valence-electron chi connectivity index (χ4n) is 2.29. The van der Waals surface area contributed by atoms with Gasteiger partial charge in [0.05, 0.1) is 6.10 Å². The van der Waals surface area contributed by atoms with Crippen LogP contribution in [0.4, 0.5) is 10.5 Å². The van der Waals surface area contributed by atoms with Crippen LogP contribution in [-0.4, -0.2) is 25.3 Å². The molecule has 1 saturated carbocycles. The molecule has 2 rings (SSSR count). The fraction of sp³-hybridized carbons (Fsp3) is 0.533. The lowest BCUT2D eigenvalue weighted by Gasteiger charge is -2.11. The van der Waals surface area contributed by atoms with Gasteiger partial charge in [0.2, 0.25) is 0 Å². The highest BCUT2D eigenvalue weighted by molar-refractivity contribution is 14.1. The average molecular weight is 388 g/mol. The van der Waals surface area contributed by atoms with E-state index in [1.165, 1.54) is 25.7 Å². The van der Waals surface area contributed by atoms with Gasteiger partial charge < -0.3 is 15.4 Å². The SMILES string of the molecule is O=C(NCCCOC1CCCC1)Nc1ccc(I)cc1. The minimum Gasteiger partial charge on any atom is -0.378 e. The van der Waals surface area contributed by atoms with Crippen LogP contribution in [0, 0.1) is 3.57 Å². The van der Waals surface area contributed by atoms with Crippen LogP contribution < -0.4 is 10.6 Å². The standard InChI is InChI=1S/C15H21IN2O2/c16-12-6-8-13(9-7-12)18-15(19)17-10-3-11-20-14-4-1-2-5-14/h6-9,14H,1-5,10-11H2,(H2,17,18,19). The summed E-state index contributed by atoms with van der Waals surface area (Å²) in [6.45, 7) is 1.37. The maximum absolute atomic E-state index is 11.7. The zero-order valence-corrected chi connectivity index (χ0v) is 13.7. The Morgan fingerprint density at radius 2 is 1.95 bits per heavy atom. The summed E-state index contributed by atoms with van der Waals surface area (Å²) in [7, 11) is 0. The molecule has 1 aromatic carbocycles.